The summed E-state index contributed by atoms with van der Waals surface area (Å²) in [4.78, 5) is 15.7. The number of hydrogen-bond donors (Lipinski definition) is 1. The van der Waals surface area contributed by atoms with Gasteiger partial charge < -0.3 is 5.32 Å². The van der Waals surface area contributed by atoms with Gasteiger partial charge >= 0.3 is 6.18 Å². The van der Waals surface area contributed by atoms with E-state index in [0.29, 0.717) is 5.69 Å². The SMILES string of the molecule is O=C(Cc1csc(-c2cccc(Br)c2)n1)NCC(F)(F)F. The van der Waals surface area contributed by atoms with Crippen LogP contribution in [0.1, 0.15) is 5.69 Å². The van der Waals surface area contributed by atoms with E-state index in [-0.39, 0.29) is 6.42 Å². The number of nitrogens with zero attached hydrogens (tertiary/aromatic N) is 1. The number of hydrogen-bond acceptors (Lipinski definition) is 3. The molecule has 0 aliphatic carbocycles. The van der Waals surface area contributed by atoms with Crippen LogP contribution in [0.4, 0.5) is 13.2 Å². The van der Waals surface area contributed by atoms with E-state index in [2.05, 4.69) is 20.9 Å². The van der Waals surface area contributed by atoms with Crippen LogP contribution in [0.2, 0.25) is 0 Å². The van der Waals surface area contributed by atoms with Crippen LogP contribution in [0.3, 0.4) is 0 Å². The Bertz CT molecular complexity index is 642. The van der Waals surface area contributed by atoms with Gasteiger partial charge in [0.1, 0.15) is 11.6 Å². The molecule has 0 saturated heterocycles. The smallest absolute Gasteiger partial charge is 0.347 e. The second-order valence-corrected chi connectivity index (χ2v) is 6.00. The molecule has 1 N–H and O–H groups in total. The Morgan fingerprint density at radius 2 is 2.14 bits per heavy atom. The van der Waals surface area contributed by atoms with Crippen LogP contribution >= 0.6 is 27.3 Å². The zero-order chi connectivity index (χ0) is 15.5. The van der Waals surface area contributed by atoms with E-state index in [9.17, 15) is 18.0 Å². The van der Waals surface area contributed by atoms with Crippen molar-refractivity contribution >= 4 is 33.2 Å². The number of halogens is 4. The average Bonchev–Trinajstić information content (AvgIpc) is 2.84. The van der Waals surface area contributed by atoms with Crippen molar-refractivity contribution in [3.05, 3.63) is 39.8 Å². The van der Waals surface area contributed by atoms with Gasteiger partial charge in [-0.3, -0.25) is 4.79 Å². The lowest BCUT2D eigenvalue weighted by Gasteiger charge is -2.07. The highest BCUT2D eigenvalue weighted by molar-refractivity contribution is 9.10. The Morgan fingerprint density at radius 3 is 2.81 bits per heavy atom. The van der Waals surface area contributed by atoms with Gasteiger partial charge in [0.25, 0.3) is 0 Å². The maximum absolute atomic E-state index is 12.0. The summed E-state index contributed by atoms with van der Waals surface area (Å²) in [6, 6.07) is 7.49. The van der Waals surface area contributed by atoms with Crippen LogP contribution < -0.4 is 5.32 Å². The summed E-state index contributed by atoms with van der Waals surface area (Å²) >= 11 is 4.69. The van der Waals surface area contributed by atoms with E-state index in [0.717, 1.165) is 15.0 Å². The molecule has 2 rings (SSSR count). The maximum atomic E-state index is 12.0. The fraction of sp³-hybridized carbons (Fsp3) is 0.231. The Hall–Kier alpha value is -1.41. The molecule has 1 amide bonds. The fourth-order valence-corrected chi connectivity index (χ4v) is 2.78. The molecule has 3 nitrogen and oxygen atoms in total. The number of rotatable bonds is 4. The number of carbonyl (C=O) groups is 1. The Morgan fingerprint density at radius 1 is 1.38 bits per heavy atom. The van der Waals surface area contributed by atoms with Gasteiger partial charge in [-0.05, 0) is 12.1 Å². The second-order valence-electron chi connectivity index (χ2n) is 4.22. The summed E-state index contributed by atoms with van der Waals surface area (Å²) in [5, 5.41) is 4.21. The minimum Gasteiger partial charge on any atom is -0.347 e. The molecule has 2 aromatic rings. The van der Waals surface area contributed by atoms with E-state index in [1.165, 1.54) is 11.3 Å². The molecule has 21 heavy (non-hydrogen) atoms. The van der Waals surface area contributed by atoms with Gasteiger partial charge in [-0.25, -0.2) is 4.98 Å². The third kappa shape index (κ3) is 5.13. The number of aromatic nitrogens is 1. The summed E-state index contributed by atoms with van der Waals surface area (Å²) in [5.41, 5.74) is 1.34. The van der Waals surface area contributed by atoms with Crippen LogP contribution in [0.15, 0.2) is 34.1 Å². The molecule has 0 aliphatic rings. The predicted molar refractivity (Wildman–Crippen MR) is 78.0 cm³/mol. The Balaban J connectivity index is 1.99. The number of alkyl halides is 3. The van der Waals surface area contributed by atoms with Crippen molar-refractivity contribution in [2.24, 2.45) is 0 Å². The molecular formula is C13H10BrF3N2OS. The lowest BCUT2D eigenvalue weighted by molar-refractivity contribution is -0.138. The molecule has 1 aromatic carbocycles. The van der Waals surface area contributed by atoms with Crippen LogP contribution in [0.5, 0.6) is 0 Å². The quantitative estimate of drug-likeness (QED) is 0.879. The minimum atomic E-state index is -4.40. The molecule has 0 atom stereocenters. The molecule has 0 spiro atoms. The molecular weight excluding hydrogens is 369 g/mol. The maximum Gasteiger partial charge on any atom is 0.405 e. The highest BCUT2D eigenvalue weighted by atomic mass is 79.9. The van der Waals surface area contributed by atoms with Gasteiger partial charge in [0.2, 0.25) is 5.91 Å². The minimum absolute atomic E-state index is 0.166. The zero-order valence-corrected chi connectivity index (χ0v) is 13.0. The fourth-order valence-electron chi connectivity index (χ4n) is 1.57. The summed E-state index contributed by atoms with van der Waals surface area (Å²) in [7, 11) is 0. The summed E-state index contributed by atoms with van der Waals surface area (Å²) < 4.78 is 36.9. The van der Waals surface area contributed by atoms with Crippen molar-refractivity contribution < 1.29 is 18.0 Å². The molecule has 0 bridgehead atoms. The molecule has 1 heterocycles. The first-order valence-corrected chi connectivity index (χ1v) is 7.54. The van der Waals surface area contributed by atoms with E-state index >= 15 is 0 Å². The van der Waals surface area contributed by atoms with E-state index < -0.39 is 18.6 Å². The zero-order valence-electron chi connectivity index (χ0n) is 10.6. The first kappa shape index (κ1) is 16.0. The summed E-state index contributed by atoms with van der Waals surface area (Å²) in [6.07, 6.45) is -4.57. The van der Waals surface area contributed by atoms with Gasteiger partial charge in [0, 0.05) is 15.4 Å². The van der Waals surface area contributed by atoms with Crippen molar-refractivity contribution in [1.82, 2.24) is 10.3 Å². The number of carbonyl (C=O) groups excluding carboxylic acids is 1. The molecule has 1 aromatic heterocycles. The summed E-state index contributed by atoms with van der Waals surface area (Å²) in [6.45, 7) is -1.32. The van der Waals surface area contributed by atoms with Gasteiger partial charge in [-0.15, -0.1) is 11.3 Å². The Kier molecular flexibility index (Phi) is 5.00. The Labute approximate surface area is 131 Å². The number of amides is 1. The van der Waals surface area contributed by atoms with Crippen LogP contribution in [-0.2, 0) is 11.2 Å². The van der Waals surface area contributed by atoms with Crippen molar-refractivity contribution in [2.45, 2.75) is 12.6 Å². The monoisotopic (exact) mass is 378 g/mol. The second kappa shape index (κ2) is 6.57. The van der Waals surface area contributed by atoms with Gasteiger partial charge in [-0.1, -0.05) is 28.1 Å². The molecule has 0 aliphatic heterocycles. The van der Waals surface area contributed by atoms with E-state index in [4.69, 9.17) is 0 Å². The van der Waals surface area contributed by atoms with Crippen LogP contribution in [0, 0.1) is 0 Å². The van der Waals surface area contributed by atoms with E-state index in [1.807, 2.05) is 29.6 Å². The molecule has 112 valence electrons. The number of nitrogens with one attached hydrogen (secondary N) is 1. The van der Waals surface area contributed by atoms with Crippen molar-refractivity contribution in [3.8, 4) is 10.6 Å². The van der Waals surface area contributed by atoms with Gasteiger partial charge in [-0.2, -0.15) is 13.2 Å². The molecule has 0 unspecified atom stereocenters. The van der Waals surface area contributed by atoms with Crippen LogP contribution in [-0.4, -0.2) is 23.6 Å². The predicted octanol–water partition coefficient (Wildman–Crippen LogP) is 3.79. The number of benzene rings is 1. The van der Waals surface area contributed by atoms with Gasteiger partial charge in [0.15, 0.2) is 0 Å². The number of thiazole rings is 1. The summed E-state index contributed by atoms with van der Waals surface area (Å²) in [5.74, 6) is -0.696. The topological polar surface area (TPSA) is 42.0 Å². The molecule has 0 fully saturated rings. The highest BCUT2D eigenvalue weighted by Crippen LogP contribution is 2.26. The average molecular weight is 379 g/mol. The first-order chi connectivity index (χ1) is 9.83. The third-order valence-corrected chi connectivity index (χ3v) is 3.88. The standard InChI is InChI=1S/C13H10BrF3N2OS/c14-9-3-1-2-8(4-9)12-19-10(6-21-12)5-11(20)18-7-13(15,16)17/h1-4,6H,5,7H2,(H,18,20). The van der Waals surface area contributed by atoms with Crippen LogP contribution in [0.25, 0.3) is 10.6 Å². The van der Waals surface area contributed by atoms with Gasteiger partial charge in [0.05, 0.1) is 12.1 Å². The first-order valence-electron chi connectivity index (χ1n) is 5.87. The highest BCUT2D eigenvalue weighted by Gasteiger charge is 2.27. The lowest BCUT2D eigenvalue weighted by Crippen LogP contribution is -2.34. The largest absolute Gasteiger partial charge is 0.405 e. The van der Waals surface area contributed by atoms with Crippen molar-refractivity contribution in [3.63, 3.8) is 0 Å². The molecule has 8 heteroatoms. The molecule has 0 saturated carbocycles. The van der Waals surface area contributed by atoms with Crippen molar-refractivity contribution in [1.29, 1.82) is 0 Å². The third-order valence-electron chi connectivity index (χ3n) is 2.45. The van der Waals surface area contributed by atoms with Crippen molar-refractivity contribution in [2.75, 3.05) is 6.54 Å². The lowest BCUT2D eigenvalue weighted by atomic mass is 10.2. The molecule has 0 radical (unpaired) electrons. The normalized spacial score (nSPS) is 11.4. The van der Waals surface area contributed by atoms with E-state index in [1.54, 1.807) is 5.38 Å².